The Morgan fingerprint density at radius 1 is 1.15 bits per heavy atom. The van der Waals surface area contributed by atoms with Gasteiger partial charge in [-0.05, 0) is 29.6 Å². The van der Waals surface area contributed by atoms with Crippen molar-refractivity contribution in [1.82, 2.24) is 15.0 Å². The minimum atomic E-state index is -3.37. The van der Waals surface area contributed by atoms with Crippen LogP contribution in [0.3, 0.4) is 0 Å². The van der Waals surface area contributed by atoms with Crippen molar-refractivity contribution in [3.05, 3.63) is 63.3 Å². The van der Waals surface area contributed by atoms with Crippen LogP contribution in [0, 0.1) is 0 Å². The first-order valence-electron chi connectivity index (χ1n) is 8.18. The van der Waals surface area contributed by atoms with Crippen molar-refractivity contribution in [2.24, 2.45) is 0 Å². The fourth-order valence-electron chi connectivity index (χ4n) is 2.48. The standard InChI is InChI=1S/C18H19N3O3S3/c1-19-27(23,24)12-15-5-3-2-4-13(15)9-20-17(22)8-16-11-26-18(21-16)14-6-7-25-10-14/h2-7,10-11,19H,8-9,12H2,1H3,(H,20,22). The van der Waals surface area contributed by atoms with Crippen LogP contribution in [0.15, 0.2) is 46.5 Å². The molecule has 1 amide bonds. The molecule has 0 spiro atoms. The van der Waals surface area contributed by atoms with Crippen molar-refractivity contribution < 1.29 is 13.2 Å². The second-order valence-electron chi connectivity index (χ2n) is 5.84. The second kappa shape index (κ2) is 8.75. The van der Waals surface area contributed by atoms with E-state index in [1.807, 2.05) is 34.3 Å². The van der Waals surface area contributed by atoms with Crippen molar-refractivity contribution in [2.75, 3.05) is 7.05 Å². The van der Waals surface area contributed by atoms with Gasteiger partial charge < -0.3 is 5.32 Å². The largest absolute Gasteiger partial charge is 0.352 e. The van der Waals surface area contributed by atoms with Crippen LogP contribution >= 0.6 is 22.7 Å². The predicted molar refractivity (Wildman–Crippen MR) is 109 cm³/mol. The number of benzene rings is 1. The van der Waals surface area contributed by atoms with E-state index in [1.165, 1.54) is 18.4 Å². The minimum absolute atomic E-state index is 0.119. The van der Waals surface area contributed by atoms with Gasteiger partial charge in [0.05, 0.1) is 17.9 Å². The molecule has 0 bridgehead atoms. The third-order valence-corrected chi connectivity index (χ3v) is 6.85. The third kappa shape index (κ3) is 5.46. The van der Waals surface area contributed by atoms with Crippen LogP contribution < -0.4 is 10.0 Å². The van der Waals surface area contributed by atoms with E-state index in [2.05, 4.69) is 15.0 Å². The maximum Gasteiger partial charge on any atom is 0.226 e. The molecule has 9 heteroatoms. The fraction of sp³-hybridized carbons (Fsp3) is 0.222. The van der Waals surface area contributed by atoms with Gasteiger partial charge >= 0.3 is 0 Å². The number of aromatic nitrogens is 1. The van der Waals surface area contributed by atoms with Gasteiger partial charge in [0.15, 0.2) is 0 Å². The van der Waals surface area contributed by atoms with Gasteiger partial charge in [-0.25, -0.2) is 18.1 Å². The Morgan fingerprint density at radius 3 is 2.63 bits per heavy atom. The number of thiophene rings is 1. The molecule has 0 atom stereocenters. The maximum atomic E-state index is 12.3. The summed E-state index contributed by atoms with van der Waals surface area (Å²) in [6, 6.07) is 9.18. The molecule has 3 rings (SSSR count). The molecule has 3 aromatic rings. The van der Waals surface area contributed by atoms with E-state index in [0.29, 0.717) is 5.56 Å². The maximum absolute atomic E-state index is 12.3. The first-order chi connectivity index (χ1) is 13.0. The number of sulfonamides is 1. The summed E-state index contributed by atoms with van der Waals surface area (Å²) in [7, 11) is -1.98. The number of hydrogen-bond donors (Lipinski definition) is 2. The van der Waals surface area contributed by atoms with Crippen LogP contribution in [0.1, 0.15) is 16.8 Å². The molecule has 6 nitrogen and oxygen atoms in total. The Balaban J connectivity index is 1.60. The lowest BCUT2D eigenvalue weighted by atomic mass is 10.1. The smallest absolute Gasteiger partial charge is 0.226 e. The summed E-state index contributed by atoms with van der Waals surface area (Å²) in [5.74, 6) is -0.269. The van der Waals surface area contributed by atoms with Crippen LogP contribution in [-0.2, 0) is 33.5 Å². The van der Waals surface area contributed by atoms with Gasteiger partial charge in [-0.15, -0.1) is 11.3 Å². The average Bonchev–Trinajstić information content (AvgIpc) is 3.32. The Morgan fingerprint density at radius 2 is 1.93 bits per heavy atom. The molecule has 0 aliphatic rings. The zero-order chi connectivity index (χ0) is 19.3. The topological polar surface area (TPSA) is 88.2 Å². The van der Waals surface area contributed by atoms with Crippen LogP contribution in [-0.4, -0.2) is 26.4 Å². The summed E-state index contributed by atoms with van der Waals surface area (Å²) >= 11 is 3.13. The summed E-state index contributed by atoms with van der Waals surface area (Å²) in [5, 5.41) is 9.66. The average molecular weight is 422 g/mol. The molecule has 0 aliphatic carbocycles. The van der Waals surface area contributed by atoms with E-state index in [-0.39, 0.29) is 24.6 Å². The number of carbonyl (C=O) groups is 1. The Kier molecular flexibility index (Phi) is 6.38. The zero-order valence-corrected chi connectivity index (χ0v) is 17.1. The van der Waals surface area contributed by atoms with Crippen LogP contribution in [0.4, 0.5) is 0 Å². The molecular weight excluding hydrogens is 402 g/mol. The van der Waals surface area contributed by atoms with Crippen LogP contribution in [0.2, 0.25) is 0 Å². The van der Waals surface area contributed by atoms with Gasteiger partial charge in [0.25, 0.3) is 0 Å². The van der Waals surface area contributed by atoms with E-state index in [9.17, 15) is 13.2 Å². The molecule has 0 radical (unpaired) electrons. The number of thiazole rings is 1. The molecule has 2 aromatic heterocycles. The third-order valence-electron chi connectivity index (χ3n) is 3.91. The molecule has 0 fully saturated rings. The van der Waals surface area contributed by atoms with Gasteiger partial charge in [0.1, 0.15) is 5.01 Å². The van der Waals surface area contributed by atoms with Crippen LogP contribution in [0.25, 0.3) is 10.6 Å². The van der Waals surface area contributed by atoms with E-state index in [1.54, 1.807) is 23.5 Å². The summed E-state index contributed by atoms with van der Waals surface area (Å²) < 4.78 is 25.9. The normalized spacial score (nSPS) is 11.4. The van der Waals surface area contributed by atoms with Crippen LogP contribution in [0.5, 0.6) is 0 Å². The molecular formula is C18H19N3O3S3. The molecule has 2 N–H and O–H groups in total. The molecule has 0 unspecified atom stereocenters. The van der Waals surface area contributed by atoms with Gasteiger partial charge in [-0.2, -0.15) is 11.3 Å². The number of nitrogens with one attached hydrogen (secondary N) is 2. The quantitative estimate of drug-likeness (QED) is 0.585. The van der Waals surface area contributed by atoms with E-state index < -0.39 is 10.0 Å². The van der Waals surface area contributed by atoms with Gasteiger partial charge in [0, 0.05) is 22.9 Å². The lowest BCUT2D eigenvalue weighted by Gasteiger charge is -2.10. The Labute approximate surface area is 166 Å². The summed E-state index contributed by atoms with van der Waals surface area (Å²) in [6.07, 6.45) is 0.192. The summed E-state index contributed by atoms with van der Waals surface area (Å²) in [4.78, 5) is 16.8. The lowest BCUT2D eigenvalue weighted by Crippen LogP contribution is -2.26. The summed E-state index contributed by atoms with van der Waals surface area (Å²) in [5.41, 5.74) is 3.24. The van der Waals surface area contributed by atoms with Crippen molar-refractivity contribution in [2.45, 2.75) is 18.7 Å². The van der Waals surface area contributed by atoms with Crippen molar-refractivity contribution in [3.63, 3.8) is 0 Å². The molecule has 0 saturated carbocycles. The Bertz CT molecular complexity index is 1010. The van der Waals surface area contributed by atoms with Crippen molar-refractivity contribution in [3.8, 4) is 10.6 Å². The molecule has 1 aromatic carbocycles. The predicted octanol–water partition coefficient (Wildman–Crippen LogP) is 2.78. The monoisotopic (exact) mass is 421 g/mol. The highest BCUT2D eigenvalue weighted by Crippen LogP contribution is 2.25. The van der Waals surface area contributed by atoms with Crippen molar-refractivity contribution >= 4 is 38.6 Å². The lowest BCUT2D eigenvalue weighted by molar-refractivity contribution is -0.120. The molecule has 2 heterocycles. The highest BCUT2D eigenvalue weighted by atomic mass is 32.2. The molecule has 142 valence electrons. The van der Waals surface area contributed by atoms with E-state index >= 15 is 0 Å². The molecule has 27 heavy (non-hydrogen) atoms. The zero-order valence-electron chi connectivity index (χ0n) is 14.6. The molecule has 0 aliphatic heterocycles. The minimum Gasteiger partial charge on any atom is -0.352 e. The number of nitrogens with zero attached hydrogens (tertiary/aromatic N) is 1. The highest BCUT2D eigenvalue weighted by molar-refractivity contribution is 7.88. The number of carbonyl (C=O) groups excluding carboxylic acids is 1. The highest BCUT2D eigenvalue weighted by Gasteiger charge is 2.13. The molecule has 0 saturated heterocycles. The van der Waals surface area contributed by atoms with Gasteiger partial charge in [0.2, 0.25) is 15.9 Å². The van der Waals surface area contributed by atoms with E-state index in [0.717, 1.165) is 21.8 Å². The van der Waals surface area contributed by atoms with Gasteiger partial charge in [-0.3, -0.25) is 4.79 Å². The first kappa shape index (κ1) is 19.7. The summed E-state index contributed by atoms with van der Waals surface area (Å²) in [6.45, 7) is 0.274. The Hall–Kier alpha value is -2.07. The number of amides is 1. The van der Waals surface area contributed by atoms with Gasteiger partial charge in [-0.1, -0.05) is 24.3 Å². The van der Waals surface area contributed by atoms with Crippen molar-refractivity contribution in [1.29, 1.82) is 0 Å². The fourth-order valence-corrected chi connectivity index (χ4v) is 4.84. The SMILES string of the molecule is CNS(=O)(=O)Cc1ccccc1CNC(=O)Cc1csc(-c2ccsc2)n1. The van der Waals surface area contributed by atoms with E-state index in [4.69, 9.17) is 0 Å². The number of rotatable bonds is 8. The first-order valence-corrected chi connectivity index (χ1v) is 11.7. The number of hydrogen-bond acceptors (Lipinski definition) is 6. The second-order valence-corrected chi connectivity index (χ2v) is 9.41.